The lowest BCUT2D eigenvalue weighted by Gasteiger charge is -2.39. The van der Waals surface area contributed by atoms with Crippen molar-refractivity contribution >= 4 is 17.4 Å². The van der Waals surface area contributed by atoms with Gasteiger partial charge in [0.1, 0.15) is 23.8 Å². The molecule has 3 aromatic rings. The molecule has 4 rings (SSSR count). The lowest BCUT2D eigenvalue weighted by atomic mass is 9.99. The fourth-order valence-electron chi connectivity index (χ4n) is 3.14. The summed E-state index contributed by atoms with van der Waals surface area (Å²) in [6.45, 7) is 4.75. The van der Waals surface area contributed by atoms with Gasteiger partial charge in [-0.2, -0.15) is 5.10 Å². The predicted octanol–water partition coefficient (Wildman–Crippen LogP) is 2.63. The van der Waals surface area contributed by atoms with Crippen LogP contribution in [0.5, 0.6) is 0 Å². The quantitative estimate of drug-likeness (QED) is 0.748. The second-order valence-corrected chi connectivity index (χ2v) is 6.79. The van der Waals surface area contributed by atoms with Gasteiger partial charge in [-0.15, -0.1) is 0 Å². The fourth-order valence-corrected chi connectivity index (χ4v) is 3.14. The molecule has 144 valence electrons. The molecule has 1 amide bonds. The summed E-state index contributed by atoms with van der Waals surface area (Å²) in [7, 11) is 0. The molecule has 0 saturated carbocycles. The van der Waals surface area contributed by atoms with Crippen molar-refractivity contribution in [3.63, 3.8) is 0 Å². The number of benzene rings is 1. The Bertz CT molecular complexity index is 1040. The van der Waals surface area contributed by atoms with Crippen LogP contribution in [0.2, 0.25) is 0 Å². The monoisotopic (exact) mass is 384 g/mol. The van der Waals surface area contributed by atoms with Crippen LogP contribution in [-0.4, -0.2) is 38.7 Å². The highest BCUT2D eigenvalue weighted by Crippen LogP contribution is 2.25. The Morgan fingerprint density at radius 3 is 2.54 bits per heavy atom. The summed E-state index contributed by atoms with van der Waals surface area (Å²) in [4.78, 5) is 22.8. The third-order valence-corrected chi connectivity index (χ3v) is 4.63. The first-order valence-electron chi connectivity index (χ1n) is 8.77. The Balaban J connectivity index is 1.42. The number of anilines is 2. The SMILES string of the molecule is Cc1cc(C)n(-c2cc(N3CC(C(=O)Nc4ccc(F)cc4F)C3)ncn2)n1. The number of nitrogens with zero attached hydrogens (tertiary/aromatic N) is 5. The smallest absolute Gasteiger partial charge is 0.231 e. The van der Waals surface area contributed by atoms with E-state index in [4.69, 9.17) is 0 Å². The molecule has 1 aliphatic heterocycles. The molecule has 0 bridgehead atoms. The maximum absolute atomic E-state index is 13.7. The Labute approximate surface area is 160 Å². The number of aromatic nitrogens is 4. The first kappa shape index (κ1) is 18.0. The summed E-state index contributed by atoms with van der Waals surface area (Å²) in [5.41, 5.74) is 1.83. The minimum Gasteiger partial charge on any atom is -0.355 e. The zero-order valence-corrected chi connectivity index (χ0v) is 15.4. The third-order valence-electron chi connectivity index (χ3n) is 4.63. The normalized spacial score (nSPS) is 14.1. The number of nitrogens with one attached hydrogen (secondary N) is 1. The number of aryl methyl sites for hydroxylation is 2. The molecule has 1 saturated heterocycles. The lowest BCUT2D eigenvalue weighted by Crippen LogP contribution is -2.52. The minimum atomic E-state index is -0.796. The van der Waals surface area contributed by atoms with Crippen LogP contribution in [0.3, 0.4) is 0 Å². The van der Waals surface area contributed by atoms with Crippen LogP contribution in [0, 0.1) is 31.4 Å². The molecule has 1 aliphatic rings. The zero-order valence-electron chi connectivity index (χ0n) is 15.4. The maximum Gasteiger partial charge on any atom is 0.231 e. The van der Waals surface area contributed by atoms with E-state index >= 15 is 0 Å². The van der Waals surface area contributed by atoms with E-state index in [2.05, 4.69) is 20.4 Å². The first-order valence-corrected chi connectivity index (χ1v) is 8.77. The maximum atomic E-state index is 13.7. The predicted molar refractivity (Wildman–Crippen MR) is 99.3 cm³/mol. The van der Waals surface area contributed by atoms with Crippen LogP contribution in [0.25, 0.3) is 5.82 Å². The molecule has 0 unspecified atom stereocenters. The van der Waals surface area contributed by atoms with Crippen LogP contribution >= 0.6 is 0 Å². The van der Waals surface area contributed by atoms with Crippen LogP contribution in [-0.2, 0) is 4.79 Å². The number of hydrogen-bond donors (Lipinski definition) is 1. The van der Waals surface area contributed by atoms with Gasteiger partial charge in [0.2, 0.25) is 5.91 Å². The summed E-state index contributed by atoms with van der Waals surface area (Å²) < 4.78 is 28.4. The summed E-state index contributed by atoms with van der Waals surface area (Å²) in [5, 5.41) is 6.92. The van der Waals surface area contributed by atoms with Gasteiger partial charge in [-0.25, -0.2) is 23.4 Å². The van der Waals surface area contributed by atoms with Gasteiger partial charge >= 0.3 is 0 Å². The van der Waals surface area contributed by atoms with Crippen molar-refractivity contribution in [3.8, 4) is 5.82 Å². The van der Waals surface area contributed by atoms with Gasteiger partial charge in [-0.05, 0) is 32.0 Å². The van der Waals surface area contributed by atoms with Crippen LogP contribution in [0.15, 0.2) is 36.7 Å². The van der Waals surface area contributed by atoms with Crippen molar-refractivity contribution < 1.29 is 13.6 Å². The molecular formula is C19H18F2N6O. The van der Waals surface area contributed by atoms with Gasteiger partial charge in [0.15, 0.2) is 5.82 Å². The van der Waals surface area contributed by atoms with E-state index in [0.717, 1.165) is 23.5 Å². The van der Waals surface area contributed by atoms with Gasteiger partial charge < -0.3 is 10.2 Å². The molecular weight excluding hydrogens is 366 g/mol. The molecule has 0 aliphatic carbocycles. The summed E-state index contributed by atoms with van der Waals surface area (Å²) in [6, 6.07) is 6.83. The van der Waals surface area contributed by atoms with E-state index in [1.807, 2.05) is 30.9 Å². The average molecular weight is 384 g/mol. The van der Waals surface area contributed by atoms with Crippen molar-refractivity contribution in [2.75, 3.05) is 23.3 Å². The van der Waals surface area contributed by atoms with Crippen molar-refractivity contribution in [3.05, 3.63) is 59.7 Å². The summed E-state index contributed by atoms with van der Waals surface area (Å²) in [6.07, 6.45) is 1.46. The first-order chi connectivity index (χ1) is 13.4. The third kappa shape index (κ3) is 3.42. The second-order valence-electron chi connectivity index (χ2n) is 6.79. The molecule has 7 nitrogen and oxygen atoms in total. The number of carbonyl (C=O) groups is 1. The zero-order chi connectivity index (χ0) is 19.8. The largest absolute Gasteiger partial charge is 0.355 e. The lowest BCUT2D eigenvalue weighted by molar-refractivity contribution is -0.120. The molecule has 1 N–H and O–H groups in total. The highest BCUT2D eigenvalue weighted by Gasteiger charge is 2.34. The molecule has 2 aromatic heterocycles. The van der Waals surface area contributed by atoms with E-state index in [1.165, 1.54) is 12.4 Å². The van der Waals surface area contributed by atoms with E-state index < -0.39 is 11.6 Å². The van der Waals surface area contributed by atoms with E-state index in [9.17, 15) is 13.6 Å². The Morgan fingerprint density at radius 2 is 1.86 bits per heavy atom. The number of rotatable bonds is 4. The molecule has 9 heteroatoms. The average Bonchev–Trinajstić information content (AvgIpc) is 2.95. The molecule has 0 radical (unpaired) electrons. The highest BCUT2D eigenvalue weighted by atomic mass is 19.1. The summed E-state index contributed by atoms with van der Waals surface area (Å²) >= 11 is 0. The highest BCUT2D eigenvalue weighted by molar-refractivity contribution is 5.94. The summed E-state index contributed by atoms with van der Waals surface area (Å²) in [5.74, 6) is -0.764. The van der Waals surface area contributed by atoms with E-state index in [-0.39, 0.29) is 17.5 Å². The molecule has 0 spiro atoms. The van der Waals surface area contributed by atoms with Gasteiger partial charge in [0.05, 0.1) is 17.3 Å². The van der Waals surface area contributed by atoms with E-state index in [0.29, 0.717) is 24.7 Å². The van der Waals surface area contributed by atoms with Crippen molar-refractivity contribution in [2.24, 2.45) is 5.92 Å². The van der Waals surface area contributed by atoms with Crippen molar-refractivity contribution in [2.45, 2.75) is 13.8 Å². The fraction of sp³-hybridized carbons (Fsp3) is 0.263. The van der Waals surface area contributed by atoms with Gasteiger partial charge in [-0.3, -0.25) is 4.79 Å². The topological polar surface area (TPSA) is 75.9 Å². The Kier molecular flexibility index (Phi) is 4.50. The molecule has 3 heterocycles. The van der Waals surface area contributed by atoms with Crippen LogP contribution in [0.4, 0.5) is 20.3 Å². The number of halogens is 2. The number of hydrogen-bond acceptors (Lipinski definition) is 5. The second kappa shape index (κ2) is 6.99. The Hall–Kier alpha value is -3.36. The Morgan fingerprint density at radius 1 is 1.11 bits per heavy atom. The van der Waals surface area contributed by atoms with Crippen LogP contribution in [0.1, 0.15) is 11.4 Å². The van der Waals surface area contributed by atoms with Gasteiger partial charge in [0, 0.05) is 30.9 Å². The molecule has 1 aromatic carbocycles. The number of carbonyl (C=O) groups excluding carboxylic acids is 1. The minimum absolute atomic E-state index is 0.0290. The van der Waals surface area contributed by atoms with E-state index in [1.54, 1.807) is 4.68 Å². The molecule has 28 heavy (non-hydrogen) atoms. The standard InChI is InChI=1S/C19H18F2N6O/c1-11-5-12(2)27(25-11)18-7-17(22-10-23-18)26-8-13(9-26)19(28)24-16-4-3-14(20)6-15(16)21/h3-7,10,13H,8-9H2,1-2H3,(H,24,28). The van der Waals surface area contributed by atoms with Crippen molar-refractivity contribution in [1.29, 1.82) is 0 Å². The van der Waals surface area contributed by atoms with Gasteiger partial charge in [0.25, 0.3) is 0 Å². The van der Waals surface area contributed by atoms with Crippen LogP contribution < -0.4 is 10.2 Å². The molecule has 0 atom stereocenters. The number of amides is 1. The molecule has 1 fully saturated rings. The van der Waals surface area contributed by atoms with Crippen molar-refractivity contribution in [1.82, 2.24) is 19.7 Å². The van der Waals surface area contributed by atoms with Gasteiger partial charge in [-0.1, -0.05) is 0 Å².